The topological polar surface area (TPSA) is 43.4 Å². The Morgan fingerprint density at radius 1 is 0.968 bits per heavy atom. The zero-order valence-electron chi connectivity index (χ0n) is 19.0. The zero-order valence-corrected chi connectivity index (χ0v) is 20.7. The molecule has 0 aromatic heterocycles. The van der Waals surface area contributed by atoms with Gasteiger partial charge in [-0.1, -0.05) is 0 Å². The van der Waals surface area contributed by atoms with Gasteiger partial charge >= 0.3 is 193 Å². The average molecular weight is 486 g/mol. The number of carbonyl (C=O) groups excluding carboxylic acids is 2. The van der Waals surface area contributed by atoms with E-state index in [9.17, 15) is 9.59 Å². The normalized spacial score (nSPS) is 41.6. The van der Waals surface area contributed by atoms with Gasteiger partial charge in [-0.3, -0.25) is 0 Å². The number of rotatable bonds is 3. The summed E-state index contributed by atoms with van der Waals surface area (Å²) in [6.45, 7) is 7.05. The van der Waals surface area contributed by atoms with E-state index in [1.807, 2.05) is 36.4 Å². The Bertz CT molecular complexity index is 924. The first-order valence-electron chi connectivity index (χ1n) is 11.9. The van der Waals surface area contributed by atoms with Crippen molar-refractivity contribution in [2.75, 3.05) is 0 Å². The number of ketones is 1. The van der Waals surface area contributed by atoms with Crippen LogP contribution in [0.5, 0.6) is 0 Å². The van der Waals surface area contributed by atoms with E-state index >= 15 is 0 Å². The molecule has 0 N–H and O–H groups in total. The molecule has 1 aromatic carbocycles. The van der Waals surface area contributed by atoms with Crippen molar-refractivity contribution in [2.45, 2.75) is 77.7 Å². The summed E-state index contributed by atoms with van der Waals surface area (Å²) < 4.78 is 7.42. The van der Waals surface area contributed by atoms with Gasteiger partial charge in [-0.2, -0.15) is 0 Å². The van der Waals surface area contributed by atoms with Crippen LogP contribution in [0.15, 0.2) is 42.0 Å². The van der Waals surface area contributed by atoms with Gasteiger partial charge in [0.05, 0.1) is 0 Å². The number of hydrogen-bond donors (Lipinski definition) is 0. The molecule has 3 fully saturated rings. The van der Waals surface area contributed by atoms with Crippen molar-refractivity contribution in [3.05, 3.63) is 42.0 Å². The first-order chi connectivity index (χ1) is 14.8. The summed E-state index contributed by atoms with van der Waals surface area (Å²) in [4.78, 5) is 24.9. The van der Waals surface area contributed by atoms with Crippen LogP contribution in [-0.4, -0.2) is 31.2 Å². The van der Waals surface area contributed by atoms with Gasteiger partial charge in [0.1, 0.15) is 0 Å². The van der Waals surface area contributed by atoms with Gasteiger partial charge in [0.15, 0.2) is 0 Å². The standard InChI is InChI=1S/C27H34O3Se/c1-25-14-11-19(28)17-18(25)9-10-21-22(25)12-15-26(2)23(21)13-16-27(26,3)30-24(29)31-20-7-5-4-6-8-20/h4-8,17,21-23H,9-16H2,1-3H3/t21-,22+,23+,25+,26+,27+/m1/s1. The predicted molar refractivity (Wildman–Crippen MR) is 123 cm³/mol. The minimum atomic E-state index is -0.365. The molecule has 1 aromatic rings. The Labute approximate surface area is 192 Å². The van der Waals surface area contributed by atoms with Crippen molar-refractivity contribution in [3.63, 3.8) is 0 Å². The van der Waals surface area contributed by atoms with Crippen molar-refractivity contribution in [1.29, 1.82) is 0 Å². The second-order valence-corrected chi connectivity index (χ2v) is 13.1. The molecule has 0 unspecified atom stereocenters. The molecule has 5 rings (SSSR count). The van der Waals surface area contributed by atoms with Crippen LogP contribution in [0, 0.1) is 28.6 Å². The summed E-state index contributed by atoms with van der Waals surface area (Å²) in [5.74, 6) is 2.30. The molecular weight excluding hydrogens is 451 g/mol. The monoisotopic (exact) mass is 486 g/mol. The van der Waals surface area contributed by atoms with E-state index in [4.69, 9.17) is 4.74 Å². The molecule has 0 saturated heterocycles. The van der Waals surface area contributed by atoms with Crippen molar-refractivity contribution in [1.82, 2.24) is 0 Å². The van der Waals surface area contributed by atoms with E-state index in [1.54, 1.807) is 0 Å². The Morgan fingerprint density at radius 2 is 1.71 bits per heavy atom. The summed E-state index contributed by atoms with van der Waals surface area (Å²) in [7, 11) is 0. The maximum atomic E-state index is 12.9. The van der Waals surface area contributed by atoms with E-state index in [0.717, 1.165) is 36.6 Å². The van der Waals surface area contributed by atoms with Crippen LogP contribution in [0.3, 0.4) is 0 Å². The molecule has 6 atom stereocenters. The Balaban J connectivity index is 1.36. The summed E-state index contributed by atoms with van der Waals surface area (Å²) in [5, 5.41) is 0. The number of benzene rings is 1. The average Bonchev–Trinajstić information content (AvgIpc) is 3.00. The Morgan fingerprint density at radius 3 is 2.48 bits per heavy atom. The Kier molecular flexibility index (Phi) is 5.26. The van der Waals surface area contributed by atoms with Gasteiger partial charge in [0.25, 0.3) is 0 Å². The molecule has 4 heteroatoms. The predicted octanol–water partition coefficient (Wildman–Crippen LogP) is 5.44. The number of hydrogen-bond acceptors (Lipinski definition) is 3. The molecular formula is C27H34O3Se. The first-order valence-corrected chi connectivity index (χ1v) is 13.7. The van der Waals surface area contributed by atoms with Crippen molar-refractivity contribution in [2.24, 2.45) is 28.6 Å². The molecule has 3 saturated carbocycles. The van der Waals surface area contributed by atoms with Gasteiger partial charge < -0.3 is 0 Å². The number of fused-ring (bicyclic) bond motifs is 5. The number of allylic oxidation sites excluding steroid dienone is 1. The first kappa shape index (κ1) is 21.5. The molecule has 31 heavy (non-hydrogen) atoms. The summed E-state index contributed by atoms with van der Waals surface area (Å²) in [6.07, 6.45) is 10.4. The van der Waals surface area contributed by atoms with Crippen molar-refractivity contribution in [3.8, 4) is 0 Å². The molecule has 0 bridgehead atoms. The van der Waals surface area contributed by atoms with E-state index in [0.29, 0.717) is 30.0 Å². The molecule has 0 radical (unpaired) electrons. The van der Waals surface area contributed by atoms with Gasteiger partial charge in [-0.25, -0.2) is 0 Å². The van der Waals surface area contributed by atoms with Crippen LogP contribution in [0.25, 0.3) is 0 Å². The summed E-state index contributed by atoms with van der Waals surface area (Å²) in [5.41, 5.74) is 1.31. The summed E-state index contributed by atoms with van der Waals surface area (Å²) >= 11 is -0.289. The van der Waals surface area contributed by atoms with Crippen molar-refractivity contribution < 1.29 is 14.3 Å². The number of ether oxygens (including phenoxy) is 1. The van der Waals surface area contributed by atoms with Crippen LogP contribution in [-0.2, 0) is 9.53 Å². The van der Waals surface area contributed by atoms with Crippen LogP contribution < -0.4 is 4.46 Å². The maximum absolute atomic E-state index is 12.9. The second kappa shape index (κ2) is 7.59. The third kappa shape index (κ3) is 3.37. The molecule has 3 nitrogen and oxygen atoms in total. The quantitative estimate of drug-likeness (QED) is 0.536. The third-order valence-corrected chi connectivity index (χ3v) is 11.3. The SMILES string of the molecule is C[C@]12CCC(=O)C=C1CC[C@@H]1[C@@H]2CC[C@@]2(C)[C@H]1CC[C@]2(C)OC(=O)[Se]c1ccccc1. The molecule has 0 heterocycles. The Hall–Kier alpha value is -1.38. The molecule has 0 spiro atoms. The molecule has 4 aliphatic rings. The fraction of sp³-hybridized carbons (Fsp3) is 0.630. The summed E-state index contributed by atoms with van der Waals surface area (Å²) in [6, 6.07) is 10.0. The van der Waals surface area contributed by atoms with Crippen LogP contribution >= 0.6 is 0 Å². The van der Waals surface area contributed by atoms with Crippen molar-refractivity contribution >= 4 is 30.1 Å². The van der Waals surface area contributed by atoms with E-state index in [1.165, 1.54) is 18.4 Å². The molecule has 0 aliphatic heterocycles. The molecule has 166 valence electrons. The van der Waals surface area contributed by atoms with Gasteiger partial charge in [-0.15, -0.1) is 0 Å². The van der Waals surface area contributed by atoms with Gasteiger partial charge in [0.2, 0.25) is 0 Å². The van der Waals surface area contributed by atoms with E-state index in [2.05, 4.69) is 20.8 Å². The zero-order chi connectivity index (χ0) is 21.9. The van der Waals surface area contributed by atoms with Crippen LogP contribution in [0.4, 0.5) is 4.79 Å². The van der Waals surface area contributed by atoms with E-state index < -0.39 is 0 Å². The molecule has 4 aliphatic carbocycles. The minimum absolute atomic E-state index is 0.0307. The fourth-order valence-electron chi connectivity index (χ4n) is 7.74. The fourth-order valence-corrected chi connectivity index (χ4v) is 9.23. The van der Waals surface area contributed by atoms with Gasteiger partial charge in [-0.05, 0) is 0 Å². The third-order valence-electron chi connectivity index (χ3n) is 9.75. The van der Waals surface area contributed by atoms with Crippen LogP contribution in [0.1, 0.15) is 72.1 Å². The number of carbonyl (C=O) groups is 2. The second-order valence-electron chi connectivity index (χ2n) is 11.0. The van der Waals surface area contributed by atoms with E-state index in [-0.39, 0.29) is 36.3 Å². The molecule has 0 amide bonds. The van der Waals surface area contributed by atoms with Crippen LogP contribution in [0.2, 0.25) is 0 Å². The van der Waals surface area contributed by atoms with Gasteiger partial charge in [0, 0.05) is 0 Å².